The van der Waals surface area contributed by atoms with E-state index in [2.05, 4.69) is 11.3 Å². The van der Waals surface area contributed by atoms with Crippen molar-refractivity contribution in [1.29, 1.82) is 0 Å². The fraction of sp³-hybridized carbons (Fsp3) is 0.111. The topological polar surface area (TPSA) is 97.7 Å². The zero-order valence-electron chi connectivity index (χ0n) is 14.3. The summed E-state index contributed by atoms with van der Waals surface area (Å²) < 4.78 is 26.4. The summed E-state index contributed by atoms with van der Waals surface area (Å²) in [5.41, 5.74) is 8.89. The van der Waals surface area contributed by atoms with E-state index < -0.39 is 18.1 Å². The van der Waals surface area contributed by atoms with Crippen LogP contribution in [0.4, 0.5) is 5.69 Å². The molecule has 1 saturated heterocycles. The highest BCUT2D eigenvalue weighted by Crippen LogP contribution is 2.29. The van der Waals surface area contributed by atoms with Crippen molar-refractivity contribution in [3.05, 3.63) is 72.1 Å². The normalized spacial score (nSPS) is 17.8. The van der Waals surface area contributed by atoms with Crippen LogP contribution in [0.2, 0.25) is 0 Å². The molecule has 1 aliphatic rings. The summed E-state index contributed by atoms with van der Waals surface area (Å²) in [6.45, 7) is 5.93. The first-order valence-electron chi connectivity index (χ1n) is 7.97. The molecule has 1 aromatic carbocycles. The summed E-state index contributed by atoms with van der Waals surface area (Å²) in [5, 5.41) is 9.85. The molecule has 2 aromatic rings. The molecule has 0 amide bonds. The summed E-state index contributed by atoms with van der Waals surface area (Å²) in [6.07, 6.45) is 4.99. The van der Waals surface area contributed by atoms with Crippen molar-refractivity contribution < 1.29 is 18.3 Å². The predicted molar refractivity (Wildman–Crippen MR) is 103 cm³/mol. The highest BCUT2D eigenvalue weighted by molar-refractivity contribution is 7.83. The number of rotatable bonds is 5. The monoisotopic (exact) mass is 370 g/mol. The molecule has 2 heterocycles. The number of hydrogen-bond acceptors (Lipinski definition) is 5. The van der Waals surface area contributed by atoms with Gasteiger partial charge in [-0.15, -0.1) is 0 Å². The van der Waals surface area contributed by atoms with Crippen molar-refractivity contribution in [3.63, 3.8) is 0 Å². The van der Waals surface area contributed by atoms with Crippen LogP contribution in [0.5, 0.6) is 0 Å². The number of furan rings is 1. The van der Waals surface area contributed by atoms with Gasteiger partial charge >= 0.3 is 7.12 Å². The van der Waals surface area contributed by atoms with Gasteiger partial charge in [0.15, 0.2) is 11.0 Å². The van der Waals surface area contributed by atoms with Crippen molar-refractivity contribution in [2.75, 3.05) is 12.3 Å². The molecule has 8 heteroatoms. The quantitative estimate of drug-likeness (QED) is 0.555. The lowest BCUT2D eigenvalue weighted by atomic mass is 9.77. The van der Waals surface area contributed by atoms with Gasteiger partial charge in [0.1, 0.15) is 5.76 Å². The van der Waals surface area contributed by atoms with E-state index in [1.807, 2.05) is 0 Å². The molecule has 4 N–H and O–H groups in total. The summed E-state index contributed by atoms with van der Waals surface area (Å²) in [6, 6.07) is 8.64. The minimum Gasteiger partial charge on any atom is -0.464 e. The number of nitrogens with one attached hydrogen (secondary N) is 1. The van der Waals surface area contributed by atoms with Crippen LogP contribution in [0.3, 0.4) is 0 Å². The molecular weight excluding hydrogens is 351 g/mol. The second-order valence-corrected chi connectivity index (χ2v) is 6.90. The average molecular weight is 370 g/mol. The molecule has 1 unspecified atom stereocenters. The van der Waals surface area contributed by atoms with E-state index >= 15 is 0 Å². The largest absolute Gasteiger partial charge is 0.491 e. The van der Waals surface area contributed by atoms with E-state index in [0.717, 1.165) is 0 Å². The fourth-order valence-electron chi connectivity index (χ4n) is 2.54. The third-order valence-corrected chi connectivity index (χ3v) is 5.09. The van der Waals surface area contributed by atoms with Crippen LogP contribution in [-0.4, -0.2) is 23.0 Å². The summed E-state index contributed by atoms with van der Waals surface area (Å²) in [7, 11) is -2.60. The first-order chi connectivity index (χ1) is 12.5. The van der Waals surface area contributed by atoms with Crippen LogP contribution >= 0.6 is 0 Å². The molecule has 1 aromatic heterocycles. The second kappa shape index (κ2) is 7.78. The smallest absolute Gasteiger partial charge is 0.464 e. The van der Waals surface area contributed by atoms with E-state index in [9.17, 15) is 9.23 Å². The minimum absolute atomic E-state index is 0.272. The van der Waals surface area contributed by atoms with Gasteiger partial charge in [0, 0.05) is 16.9 Å². The molecule has 1 atom stereocenters. The molecular formula is C18H19BN2O4S. The van der Waals surface area contributed by atoms with Crippen molar-refractivity contribution in [1.82, 2.24) is 4.72 Å². The van der Waals surface area contributed by atoms with Gasteiger partial charge < -0.3 is 24.6 Å². The van der Waals surface area contributed by atoms with Crippen LogP contribution in [0, 0.1) is 0 Å². The van der Waals surface area contributed by atoms with Crippen molar-refractivity contribution in [2.24, 2.45) is 0 Å². The lowest BCUT2D eigenvalue weighted by Crippen LogP contribution is -2.19. The lowest BCUT2D eigenvalue weighted by Gasteiger charge is -2.12. The Morgan fingerprint density at radius 3 is 2.88 bits per heavy atom. The van der Waals surface area contributed by atoms with Crippen LogP contribution in [0.15, 0.2) is 81.4 Å². The first kappa shape index (κ1) is 18.3. The maximum absolute atomic E-state index is 12.9. The predicted octanol–water partition coefficient (Wildman–Crippen LogP) is 2.58. The Morgan fingerprint density at radius 2 is 2.27 bits per heavy atom. The van der Waals surface area contributed by atoms with Crippen LogP contribution in [0.25, 0.3) is 11.3 Å². The zero-order valence-corrected chi connectivity index (χ0v) is 15.1. The highest BCUT2D eigenvalue weighted by atomic mass is 32.2. The van der Waals surface area contributed by atoms with Gasteiger partial charge in [-0.3, -0.25) is 0 Å². The number of allylic oxidation sites excluding steroid dienone is 2. The SMILES string of the molecule is C=C1COB(O)/C1=C/C(=C\C)NS(=O)c1ccc(N)cc1-c1ccco1. The van der Waals surface area contributed by atoms with Gasteiger partial charge in [0.2, 0.25) is 0 Å². The number of anilines is 1. The van der Waals surface area contributed by atoms with Crippen molar-refractivity contribution in [2.45, 2.75) is 11.8 Å². The third kappa shape index (κ3) is 3.82. The summed E-state index contributed by atoms with van der Waals surface area (Å²) >= 11 is 0. The molecule has 0 saturated carbocycles. The number of hydrogen-bond donors (Lipinski definition) is 3. The Balaban J connectivity index is 1.88. The number of benzene rings is 1. The van der Waals surface area contributed by atoms with Crippen molar-refractivity contribution >= 4 is 23.8 Å². The molecule has 0 aliphatic carbocycles. The zero-order chi connectivity index (χ0) is 18.7. The van der Waals surface area contributed by atoms with Crippen LogP contribution in [0.1, 0.15) is 6.92 Å². The van der Waals surface area contributed by atoms with E-state index in [1.165, 1.54) is 0 Å². The molecule has 134 valence electrons. The Kier molecular flexibility index (Phi) is 5.46. The molecule has 0 radical (unpaired) electrons. The molecule has 3 rings (SSSR count). The molecule has 26 heavy (non-hydrogen) atoms. The Hall–Kier alpha value is -2.55. The average Bonchev–Trinajstić information content (AvgIpc) is 3.26. The Morgan fingerprint density at radius 1 is 1.46 bits per heavy atom. The van der Waals surface area contributed by atoms with Gasteiger partial charge in [-0.25, -0.2) is 4.21 Å². The van der Waals surface area contributed by atoms with E-state index in [-0.39, 0.29) is 6.61 Å². The highest BCUT2D eigenvalue weighted by Gasteiger charge is 2.29. The third-order valence-electron chi connectivity index (χ3n) is 3.91. The molecule has 0 spiro atoms. The summed E-state index contributed by atoms with van der Waals surface area (Å²) in [5.74, 6) is 0.579. The van der Waals surface area contributed by atoms with Crippen molar-refractivity contribution in [3.8, 4) is 11.3 Å². The molecule has 1 fully saturated rings. The fourth-order valence-corrected chi connectivity index (χ4v) is 3.59. The van der Waals surface area contributed by atoms with Gasteiger partial charge in [0.25, 0.3) is 0 Å². The van der Waals surface area contributed by atoms with Gasteiger partial charge in [-0.1, -0.05) is 12.7 Å². The van der Waals surface area contributed by atoms with Gasteiger partial charge in [0.05, 0.1) is 17.8 Å². The summed E-state index contributed by atoms with van der Waals surface area (Å²) in [4.78, 5) is 0.536. The minimum atomic E-state index is -1.57. The van der Waals surface area contributed by atoms with E-state index in [4.69, 9.17) is 14.8 Å². The Bertz CT molecular complexity index is 906. The Labute approximate surface area is 154 Å². The van der Waals surface area contributed by atoms with E-state index in [0.29, 0.717) is 38.6 Å². The molecule has 6 nitrogen and oxygen atoms in total. The first-order valence-corrected chi connectivity index (χ1v) is 9.12. The van der Waals surface area contributed by atoms with Gasteiger partial charge in [-0.05, 0) is 54.4 Å². The molecule has 1 aliphatic heterocycles. The number of nitrogens with two attached hydrogens (primary N) is 1. The van der Waals surface area contributed by atoms with Crippen LogP contribution < -0.4 is 10.5 Å². The van der Waals surface area contributed by atoms with Crippen LogP contribution in [-0.2, 0) is 15.6 Å². The van der Waals surface area contributed by atoms with Gasteiger partial charge in [-0.2, -0.15) is 0 Å². The lowest BCUT2D eigenvalue weighted by molar-refractivity contribution is 0.316. The number of nitrogen functional groups attached to an aromatic ring is 1. The second-order valence-electron chi connectivity index (χ2n) is 5.71. The standard InChI is InChI=1S/C18H19BN2O4S/c1-3-14(10-16-12(2)11-25-19(16)22)21-26(23)18-7-6-13(20)9-15(18)17-5-4-8-24-17/h3-10,21-22H,2,11,20H2,1H3/b14-3+,16-10+. The van der Waals surface area contributed by atoms with E-state index in [1.54, 1.807) is 55.7 Å². The maximum Gasteiger partial charge on any atom is 0.491 e. The maximum atomic E-state index is 12.9. The molecule has 0 bridgehead atoms.